The number of carboxylic acid groups (broad SMARTS) is 1. The van der Waals surface area contributed by atoms with E-state index in [4.69, 9.17) is 10.00 Å². The lowest BCUT2D eigenvalue weighted by atomic mass is 10.1. The van der Waals surface area contributed by atoms with Crippen molar-refractivity contribution in [3.05, 3.63) is 35.4 Å². The zero-order valence-corrected chi connectivity index (χ0v) is 10.9. The van der Waals surface area contributed by atoms with Crippen molar-refractivity contribution >= 4 is 11.9 Å². The summed E-state index contributed by atoms with van der Waals surface area (Å²) in [5.74, 6) is -1.40. The summed E-state index contributed by atoms with van der Waals surface area (Å²) in [6.45, 7) is 0.256. The van der Waals surface area contributed by atoms with Crippen LogP contribution in [0, 0.1) is 11.3 Å². The first-order valence-corrected chi connectivity index (χ1v) is 6.13. The molecule has 6 nitrogen and oxygen atoms in total. The van der Waals surface area contributed by atoms with E-state index >= 15 is 0 Å². The number of nitriles is 1. The minimum atomic E-state index is -1.04. The molecule has 1 aliphatic heterocycles. The Morgan fingerprint density at radius 2 is 2.05 bits per heavy atom. The van der Waals surface area contributed by atoms with E-state index in [-0.39, 0.29) is 25.0 Å². The summed E-state index contributed by atoms with van der Waals surface area (Å²) < 4.78 is 5.14. The van der Waals surface area contributed by atoms with E-state index in [2.05, 4.69) is 0 Å². The van der Waals surface area contributed by atoms with Gasteiger partial charge in [0.25, 0.3) is 5.91 Å². The number of amides is 1. The molecule has 6 heteroatoms. The number of rotatable bonds is 3. The predicted octanol–water partition coefficient (Wildman–Crippen LogP) is 0.872. The molecule has 2 atom stereocenters. The molecule has 20 heavy (non-hydrogen) atoms. The number of likely N-dealkylation sites (tertiary alicyclic amines) is 1. The third-order valence-electron chi connectivity index (χ3n) is 3.40. The molecule has 1 heterocycles. The van der Waals surface area contributed by atoms with Gasteiger partial charge < -0.3 is 14.7 Å². The number of hydrogen-bond acceptors (Lipinski definition) is 4. The lowest BCUT2D eigenvalue weighted by Gasteiger charge is -2.21. The molecule has 2 unspecified atom stereocenters. The van der Waals surface area contributed by atoms with Crippen molar-refractivity contribution in [2.75, 3.05) is 13.7 Å². The van der Waals surface area contributed by atoms with Crippen LogP contribution in [-0.2, 0) is 9.53 Å². The van der Waals surface area contributed by atoms with Gasteiger partial charge in [-0.2, -0.15) is 5.26 Å². The SMILES string of the molecule is COC1CC(C(=O)O)N(C(=O)c2ccc(C#N)cc2)C1. The fraction of sp³-hybridized carbons (Fsp3) is 0.357. The molecule has 1 N–H and O–H groups in total. The van der Waals surface area contributed by atoms with Crippen LogP contribution in [0.4, 0.5) is 0 Å². The lowest BCUT2D eigenvalue weighted by molar-refractivity contribution is -0.141. The molecule has 0 bridgehead atoms. The number of carboxylic acids is 1. The van der Waals surface area contributed by atoms with Gasteiger partial charge in [0.05, 0.1) is 17.7 Å². The second kappa shape index (κ2) is 5.72. The van der Waals surface area contributed by atoms with Gasteiger partial charge >= 0.3 is 5.97 Å². The minimum absolute atomic E-state index is 0.256. The third-order valence-corrected chi connectivity index (χ3v) is 3.40. The molecule has 1 saturated heterocycles. The first kappa shape index (κ1) is 14.0. The summed E-state index contributed by atoms with van der Waals surface area (Å²) >= 11 is 0. The van der Waals surface area contributed by atoms with E-state index in [1.165, 1.54) is 36.3 Å². The molecule has 0 aromatic heterocycles. The highest BCUT2D eigenvalue weighted by atomic mass is 16.5. The van der Waals surface area contributed by atoms with E-state index in [1.807, 2.05) is 6.07 Å². The summed E-state index contributed by atoms with van der Waals surface area (Å²) in [4.78, 5) is 24.9. The van der Waals surface area contributed by atoms with Gasteiger partial charge in [-0.1, -0.05) is 0 Å². The molecule has 104 valence electrons. The lowest BCUT2D eigenvalue weighted by Crippen LogP contribution is -2.40. The van der Waals surface area contributed by atoms with Gasteiger partial charge in [0, 0.05) is 25.6 Å². The number of methoxy groups -OCH3 is 1. The minimum Gasteiger partial charge on any atom is -0.480 e. The van der Waals surface area contributed by atoms with Crippen molar-refractivity contribution in [1.82, 2.24) is 4.90 Å². The Morgan fingerprint density at radius 3 is 2.55 bits per heavy atom. The van der Waals surface area contributed by atoms with Crippen molar-refractivity contribution in [3.8, 4) is 6.07 Å². The first-order valence-electron chi connectivity index (χ1n) is 6.13. The Balaban J connectivity index is 2.22. The van der Waals surface area contributed by atoms with Gasteiger partial charge in [-0.15, -0.1) is 0 Å². The monoisotopic (exact) mass is 274 g/mol. The van der Waals surface area contributed by atoms with Gasteiger partial charge in [-0.3, -0.25) is 4.79 Å². The van der Waals surface area contributed by atoms with Crippen LogP contribution in [-0.4, -0.2) is 47.7 Å². The molecule has 1 aliphatic rings. The van der Waals surface area contributed by atoms with E-state index in [0.29, 0.717) is 11.1 Å². The van der Waals surface area contributed by atoms with Gasteiger partial charge in [-0.05, 0) is 24.3 Å². The van der Waals surface area contributed by atoms with Crippen LogP contribution in [0.2, 0.25) is 0 Å². The molecule has 0 aliphatic carbocycles. The highest BCUT2D eigenvalue weighted by molar-refractivity contribution is 5.97. The van der Waals surface area contributed by atoms with E-state index < -0.39 is 12.0 Å². The number of nitrogens with zero attached hydrogens (tertiary/aromatic N) is 2. The molecule has 1 fully saturated rings. The molecular weight excluding hydrogens is 260 g/mol. The van der Waals surface area contributed by atoms with Gasteiger partial charge in [0.2, 0.25) is 0 Å². The Morgan fingerprint density at radius 1 is 1.40 bits per heavy atom. The third kappa shape index (κ3) is 2.63. The average Bonchev–Trinajstić information content (AvgIpc) is 2.91. The van der Waals surface area contributed by atoms with Gasteiger partial charge in [-0.25, -0.2) is 4.79 Å². The van der Waals surface area contributed by atoms with Crippen LogP contribution in [0.1, 0.15) is 22.3 Å². The second-order valence-electron chi connectivity index (χ2n) is 4.59. The quantitative estimate of drug-likeness (QED) is 0.883. The Hall–Kier alpha value is -2.39. The van der Waals surface area contributed by atoms with Crippen LogP contribution >= 0.6 is 0 Å². The number of ether oxygens (including phenoxy) is 1. The van der Waals surface area contributed by atoms with E-state index in [0.717, 1.165) is 0 Å². The van der Waals surface area contributed by atoms with Crippen LogP contribution in [0.5, 0.6) is 0 Å². The Bertz CT molecular complexity index is 562. The number of carbonyl (C=O) groups excluding carboxylic acids is 1. The standard InChI is InChI=1S/C14H14N2O4/c1-20-11-6-12(14(18)19)16(8-11)13(17)10-4-2-9(7-15)3-5-10/h2-5,11-12H,6,8H2,1H3,(H,18,19). The Kier molecular flexibility index (Phi) is 4.01. The maximum atomic E-state index is 12.3. The summed E-state index contributed by atoms with van der Waals surface area (Å²) in [6.07, 6.45) is 0.0202. The highest BCUT2D eigenvalue weighted by Crippen LogP contribution is 2.22. The predicted molar refractivity (Wildman–Crippen MR) is 69.0 cm³/mol. The zero-order valence-electron chi connectivity index (χ0n) is 10.9. The number of hydrogen-bond donors (Lipinski definition) is 1. The smallest absolute Gasteiger partial charge is 0.326 e. The van der Waals surface area contributed by atoms with Crippen LogP contribution in [0.3, 0.4) is 0 Å². The van der Waals surface area contributed by atoms with E-state index in [1.54, 1.807) is 0 Å². The summed E-state index contributed by atoms with van der Waals surface area (Å²) in [6, 6.07) is 7.22. The largest absolute Gasteiger partial charge is 0.480 e. The fourth-order valence-corrected chi connectivity index (χ4v) is 2.28. The molecule has 1 aromatic rings. The normalized spacial score (nSPS) is 21.5. The van der Waals surface area contributed by atoms with Crippen molar-refractivity contribution < 1.29 is 19.4 Å². The van der Waals surface area contributed by atoms with E-state index in [9.17, 15) is 14.7 Å². The first-order chi connectivity index (χ1) is 9.56. The number of carbonyl (C=O) groups is 2. The zero-order chi connectivity index (χ0) is 14.7. The summed E-state index contributed by atoms with van der Waals surface area (Å²) in [5.41, 5.74) is 0.819. The highest BCUT2D eigenvalue weighted by Gasteiger charge is 2.40. The molecule has 2 rings (SSSR count). The van der Waals surface area contributed by atoms with Gasteiger partial charge in [0.1, 0.15) is 6.04 Å². The Labute approximate surface area is 116 Å². The van der Waals surface area contributed by atoms with Crippen LogP contribution < -0.4 is 0 Å². The average molecular weight is 274 g/mol. The summed E-state index contributed by atoms with van der Waals surface area (Å²) in [7, 11) is 1.50. The second-order valence-corrected chi connectivity index (χ2v) is 4.59. The van der Waals surface area contributed by atoms with Gasteiger partial charge in [0.15, 0.2) is 0 Å². The molecule has 0 saturated carbocycles. The fourth-order valence-electron chi connectivity index (χ4n) is 2.28. The van der Waals surface area contributed by atoms with Crippen LogP contribution in [0.15, 0.2) is 24.3 Å². The van der Waals surface area contributed by atoms with Crippen LogP contribution in [0.25, 0.3) is 0 Å². The number of aliphatic carboxylic acids is 1. The topological polar surface area (TPSA) is 90.6 Å². The van der Waals surface area contributed by atoms with Crippen molar-refractivity contribution in [2.24, 2.45) is 0 Å². The van der Waals surface area contributed by atoms with Crippen molar-refractivity contribution in [1.29, 1.82) is 5.26 Å². The van der Waals surface area contributed by atoms with Crippen molar-refractivity contribution in [3.63, 3.8) is 0 Å². The molecular formula is C14H14N2O4. The van der Waals surface area contributed by atoms with Crippen molar-refractivity contribution in [2.45, 2.75) is 18.6 Å². The number of benzene rings is 1. The maximum Gasteiger partial charge on any atom is 0.326 e. The summed E-state index contributed by atoms with van der Waals surface area (Å²) in [5, 5.41) is 17.9. The molecule has 1 amide bonds. The molecule has 0 radical (unpaired) electrons. The molecule has 0 spiro atoms. The molecule has 1 aromatic carbocycles. The maximum absolute atomic E-state index is 12.3.